The van der Waals surface area contributed by atoms with Crippen molar-refractivity contribution in [3.05, 3.63) is 54.2 Å². The van der Waals surface area contributed by atoms with E-state index >= 15 is 0 Å². The highest BCUT2D eigenvalue weighted by Gasteiger charge is 2.51. The summed E-state index contributed by atoms with van der Waals surface area (Å²) in [5.74, 6) is -0.457. The molecule has 9 heteroatoms. The van der Waals surface area contributed by atoms with Crippen LogP contribution in [0, 0.1) is 5.82 Å². The number of benzene rings is 1. The largest absolute Gasteiger partial charge is 0.459 e. The Labute approximate surface area is 156 Å². The van der Waals surface area contributed by atoms with Crippen LogP contribution in [-0.4, -0.2) is 55.5 Å². The van der Waals surface area contributed by atoms with Crippen LogP contribution in [0.2, 0.25) is 0 Å². The standard InChI is InChI=1S/C18H19FN2O5S/c19-14-3-5-15(6-4-14)27(23,24)21-11-13-26-18(21)7-9-20(10-8-18)17(22)16-2-1-12-25-16/h1-6,12H,7-11,13H2. The Bertz CT molecular complexity index is 919. The molecule has 2 aliphatic heterocycles. The van der Waals surface area contributed by atoms with Gasteiger partial charge in [-0.05, 0) is 36.4 Å². The molecule has 0 bridgehead atoms. The highest BCUT2D eigenvalue weighted by Crippen LogP contribution is 2.38. The second kappa shape index (κ2) is 6.74. The fraction of sp³-hybridized carbons (Fsp3) is 0.389. The van der Waals surface area contributed by atoms with Gasteiger partial charge in [0.1, 0.15) is 11.5 Å². The van der Waals surface area contributed by atoms with E-state index in [1.165, 1.54) is 22.7 Å². The molecule has 0 saturated carbocycles. The fourth-order valence-corrected chi connectivity index (χ4v) is 5.40. The summed E-state index contributed by atoms with van der Waals surface area (Å²) in [4.78, 5) is 14.1. The molecular weight excluding hydrogens is 375 g/mol. The molecule has 1 aromatic carbocycles. The monoisotopic (exact) mass is 394 g/mol. The van der Waals surface area contributed by atoms with Gasteiger partial charge in [-0.2, -0.15) is 4.31 Å². The minimum atomic E-state index is -3.82. The van der Waals surface area contributed by atoms with E-state index in [-0.39, 0.29) is 29.7 Å². The third-order valence-electron chi connectivity index (χ3n) is 5.09. The smallest absolute Gasteiger partial charge is 0.289 e. The van der Waals surface area contributed by atoms with Crippen molar-refractivity contribution < 1.29 is 26.8 Å². The van der Waals surface area contributed by atoms with Crippen molar-refractivity contribution in [2.24, 2.45) is 0 Å². The van der Waals surface area contributed by atoms with E-state index in [0.29, 0.717) is 25.9 Å². The number of nitrogens with zero attached hydrogens (tertiary/aromatic N) is 2. The van der Waals surface area contributed by atoms with Gasteiger partial charge in [-0.25, -0.2) is 12.8 Å². The lowest BCUT2D eigenvalue weighted by Gasteiger charge is -2.42. The van der Waals surface area contributed by atoms with E-state index in [1.807, 2.05) is 0 Å². The number of furan rings is 1. The number of likely N-dealkylation sites (tertiary alicyclic amines) is 1. The van der Waals surface area contributed by atoms with Crippen LogP contribution in [0.15, 0.2) is 52.0 Å². The minimum Gasteiger partial charge on any atom is -0.459 e. The lowest BCUT2D eigenvalue weighted by molar-refractivity contribution is -0.0859. The molecule has 7 nitrogen and oxygen atoms in total. The lowest BCUT2D eigenvalue weighted by atomic mass is 10.0. The predicted molar refractivity (Wildman–Crippen MR) is 92.8 cm³/mol. The van der Waals surface area contributed by atoms with Crippen LogP contribution in [0.5, 0.6) is 0 Å². The predicted octanol–water partition coefficient (Wildman–Crippen LogP) is 2.07. The topological polar surface area (TPSA) is 80.1 Å². The molecule has 0 aliphatic carbocycles. The highest BCUT2D eigenvalue weighted by atomic mass is 32.2. The third-order valence-corrected chi connectivity index (χ3v) is 7.05. The summed E-state index contributed by atoms with van der Waals surface area (Å²) in [6.45, 7) is 1.22. The van der Waals surface area contributed by atoms with Gasteiger partial charge < -0.3 is 14.1 Å². The van der Waals surface area contributed by atoms with Crippen LogP contribution < -0.4 is 0 Å². The van der Waals surface area contributed by atoms with Crippen molar-refractivity contribution in [3.63, 3.8) is 0 Å². The molecular formula is C18H19FN2O5S. The first-order chi connectivity index (χ1) is 12.9. The number of ether oxygens (including phenoxy) is 1. The molecule has 3 heterocycles. The molecule has 1 amide bonds. The molecule has 0 atom stereocenters. The number of halogens is 1. The number of hydrogen-bond acceptors (Lipinski definition) is 5. The van der Waals surface area contributed by atoms with Gasteiger partial charge in [0.15, 0.2) is 5.76 Å². The number of rotatable bonds is 3. The van der Waals surface area contributed by atoms with E-state index in [1.54, 1.807) is 17.0 Å². The number of piperidine rings is 1. The lowest BCUT2D eigenvalue weighted by Crippen LogP contribution is -2.55. The van der Waals surface area contributed by atoms with Crippen molar-refractivity contribution in [1.29, 1.82) is 0 Å². The van der Waals surface area contributed by atoms with E-state index in [0.717, 1.165) is 12.1 Å². The fourth-order valence-electron chi connectivity index (χ4n) is 3.68. The highest BCUT2D eigenvalue weighted by molar-refractivity contribution is 7.89. The van der Waals surface area contributed by atoms with E-state index in [9.17, 15) is 17.6 Å². The maximum Gasteiger partial charge on any atom is 0.289 e. The Hall–Kier alpha value is -2.23. The normalized spacial score (nSPS) is 20.3. The average Bonchev–Trinajstić information content (AvgIpc) is 3.33. The van der Waals surface area contributed by atoms with E-state index in [2.05, 4.69) is 0 Å². The number of hydrogen-bond donors (Lipinski definition) is 0. The van der Waals surface area contributed by atoms with Crippen LogP contribution in [0.3, 0.4) is 0 Å². The van der Waals surface area contributed by atoms with E-state index in [4.69, 9.17) is 9.15 Å². The Morgan fingerprint density at radius 1 is 1.07 bits per heavy atom. The summed E-state index contributed by atoms with van der Waals surface area (Å²) in [6.07, 6.45) is 2.16. The van der Waals surface area contributed by atoms with Crippen molar-refractivity contribution in [1.82, 2.24) is 9.21 Å². The number of sulfonamides is 1. The van der Waals surface area contributed by atoms with Crippen LogP contribution in [0.1, 0.15) is 23.4 Å². The maximum atomic E-state index is 13.2. The Kier molecular flexibility index (Phi) is 4.53. The van der Waals surface area contributed by atoms with Crippen LogP contribution in [0.25, 0.3) is 0 Å². The third kappa shape index (κ3) is 3.15. The second-order valence-electron chi connectivity index (χ2n) is 6.60. The molecule has 0 radical (unpaired) electrons. The first-order valence-corrected chi connectivity index (χ1v) is 10.1. The SMILES string of the molecule is O=C(c1ccco1)N1CCC2(CC1)OCCN2S(=O)(=O)c1ccc(F)cc1. The quantitative estimate of drug-likeness (QED) is 0.796. The zero-order chi connectivity index (χ0) is 19.1. The van der Waals surface area contributed by atoms with Crippen molar-refractivity contribution >= 4 is 15.9 Å². The summed E-state index contributed by atoms with van der Waals surface area (Å²) in [5.41, 5.74) is -0.979. The first kappa shape index (κ1) is 18.1. The van der Waals surface area contributed by atoms with Gasteiger partial charge in [0.2, 0.25) is 10.0 Å². The van der Waals surface area contributed by atoms with Crippen molar-refractivity contribution in [2.45, 2.75) is 23.5 Å². The summed E-state index contributed by atoms with van der Waals surface area (Å²) in [7, 11) is -3.82. The van der Waals surface area contributed by atoms with Gasteiger partial charge in [-0.15, -0.1) is 0 Å². The minimum absolute atomic E-state index is 0.0304. The molecule has 0 N–H and O–H groups in total. The molecule has 4 rings (SSSR count). The van der Waals surface area contributed by atoms with Gasteiger partial charge in [-0.1, -0.05) is 0 Å². The maximum absolute atomic E-state index is 13.2. The average molecular weight is 394 g/mol. The van der Waals surface area contributed by atoms with Gasteiger partial charge >= 0.3 is 0 Å². The van der Waals surface area contributed by atoms with Crippen LogP contribution in [-0.2, 0) is 14.8 Å². The summed E-state index contributed by atoms with van der Waals surface area (Å²) in [5, 5.41) is 0. The number of carbonyl (C=O) groups excluding carboxylic acids is 1. The molecule has 0 unspecified atom stereocenters. The Morgan fingerprint density at radius 2 is 1.78 bits per heavy atom. The summed E-state index contributed by atoms with van der Waals surface area (Å²) < 4.78 is 51.6. The molecule has 144 valence electrons. The molecule has 27 heavy (non-hydrogen) atoms. The zero-order valence-corrected chi connectivity index (χ0v) is 15.3. The van der Waals surface area contributed by atoms with Gasteiger partial charge in [0.25, 0.3) is 5.91 Å². The number of amides is 1. The Morgan fingerprint density at radius 3 is 2.41 bits per heavy atom. The molecule has 2 fully saturated rings. The molecule has 2 saturated heterocycles. The van der Waals surface area contributed by atoms with E-state index < -0.39 is 21.6 Å². The Balaban J connectivity index is 1.53. The second-order valence-corrected chi connectivity index (χ2v) is 8.46. The summed E-state index contributed by atoms with van der Waals surface area (Å²) >= 11 is 0. The van der Waals surface area contributed by atoms with Crippen molar-refractivity contribution in [3.8, 4) is 0 Å². The van der Waals surface area contributed by atoms with Crippen LogP contribution >= 0.6 is 0 Å². The molecule has 2 aliphatic rings. The van der Waals surface area contributed by atoms with Gasteiger partial charge in [0, 0.05) is 32.5 Å². The van der Waals surface area contributed by atoms with Gasteiger partial charge in [-0.3, -0.25) is 4.79 Å². The van der Waals surface area contributed by atoms with Gasteiger partial charge in [0.05, 0.1) is 17.8 Å². The molecule has 2 aromatic rings. The first-order valence-electron chi connectivity index (χ1n) is 8.68. The summed E-state index contributed by atoms with van der Waals surface area (Å²) in [6, 6.07) is 8.01. The van der Waals surface area contributed by atoms with Crippen molar-refractivity contribution in [2.75, 3.05) is 26.2 Å². The molecule has 1 spiro atoms. The zero-order valence-electron chi connectivity index (χ0n) is 14.5. The molecule has 1 aromatic heterocycles. The van der Waals surface area contributed by atoms with Crippen LogP contribution in [0.4, 0.5) is 4.39 Å². The number of carbonyl (C=O) groups is 1.